The summed E-state index contributed by atoms with van der Waals surface area (Å²) in [5.74, 6) is 0. The molecular formula is C13H28NP. The van der Waals surface area contributed by atoms with Gasteiger partial charge in [-0.3, -0.25) is 0 Å². The van der Waals surface area contributed by atoms with Gasteiger partial charge in [0.1, 0.15) is 0 Å². The van der Waals surface area contributed by atoms with E-state index in [0.29, 0.717) is 0 Å². The predicted molar refractivity (Wildman–Crippen MR) is 73.8 cm³/mol. The Labute approximate surface area is 97.5 Å². The molecule has 1 nitrogen and oxygen atoms in total. The van der Waals surface area contributed by atoms with Crippen molar-refractivity contribution in [2.75, 3.05) is 0 Å². The second-order valence-electron chi connectivity index (χ2n) is 5.77. The van der Waals surface area contributed by atoms with E-state index in [9.17, 15) is 0 Å². The average Bonchev–Trinajstić information content (AvgIpc) is 1.97. The second-order valence-corrected chi connectivity index (χ2v) is 9.36. The van der Waals surface area contributed by atoms with Crippen molar-refractivity contribution in [1.82, 2.24) is 5.32 Å². The van der Waals surface area contributed by atoms with Gasteiger partial charge in [-0.05, 0) is 44.3 Å². The number of rotatable bonds is 4. The average molecular weight is 229 g/mol. The Balaban J connectivity index is 4.57. The first-order chi connectivity index (χ1) is 6.65. The molecule has 0 aromatic heterocycles. The van der Waals surface area contributed by atoms with Crippen LogP contribution in [0.1, 0.15) is 55.4 Å². The molecule has 0 saturated carbocycles. The van der Waals surface area contributed by atoms with Gasteiger partial charge in [-0.2, -0.15) is 0 Å². The van der Waals surface area contributed by atoms with Crippen molar-refractivity contribution < 1.29 is 0 Å². The fourth-order valence-electron chi connectivity index (χ4n) is 1.81. The maximum atomic E-state index is 3.47. The van der Waals surface area contributed by atoms with E-state index in [2.05, 4.69) is 66.9 Å². The van der Waals surface area contributed by atoms with Gasteiger partial charge < -0.3 is 5.32 Å². The minimum Gasteiger partial charge on any atom is -0.386 e. The molecule has 0 bridgehead atoms. The van der Waals surface area contributed by atoms with E-state index in [0.717, 1.165) is 11.3 Å². The molecule has 90 valence electrons. The lowest BCUT2D eigenvalue weighted by molar-refractivity contribution is 0.490. The summed E-state index contributed by atoms with van der Waals surface area (Å²) in [5, 5.41) is 5.00. The quantitative estimate of drug-likeness (QED) is 0.698. The molecule has 0 unspecified atom stereocenters. The normalized spacial score (nSPS) is 14.2. The van der Waals surface area contributed by atoms with E-state index in [1.165, 1.54) is 5.31 Å². The number of hydrogen-bond acceptors (Lipinski definition) is 1. The highest BCUT2D eigenvalue weighted by Gasteiger charge is 2.18. The van der Waals surface area contributed by atoms with E-state index < -0.39 is 0 Å². The van der Waals surface area contributed by atoms with Crippen LogP contribution in [0.2, 0.25) is 0 Å². The summed E-state index contributed by atoms with van der Waals surface area (Å²) < 4.78 is 0. The maximum Gasteiger partial charge on any atom is 0.0284 e. The van der Waals surface area contributed by atoms with Crippen LogP contribution in [-0.4, -0.2) is 16.9 Å². The molecule has 0 radical (unpaired) electrons. The lowest BCUT2D eigenvalue weighted by Gasteiger charge is -2.28. The molecule has 0 amide bonds. The third-order valence-electron chi connectivity index (χ3n) is 2.23. The zero-order valence-corrected chi connectivity index (χ0v) is 12.6. The van der Waals surface area contributed by atoms with E-state index >= 15 is 0 Å². The molecule has 0 aromatic carbocycles. The molecule has 2 heteroatoms. The Hall–Kier alpha value is -0.0300. The third kappa shape index (κ3) is 6.20. The fraction of sp³-hybridized carbons (Fsp3) is 0.846. The van der Waals surface area contributed by atoms with Crippen molar-refractivity contribution in [1.29, 1.82) is 0 Å². The summed E-state index contributed by atoms with van der Waals surface area (Å²) in [6.07, 6.45) is 2.23. The standard InChI is InChI=1S/C13H28NP/c1-10(2)15(11(3)4)12(5)9-14-13(6,7)8/h9-11,14H,1-8H3/b12-9+. The summed E-state index contributed by atoms with van der Waals surface area (Å²) in [6, 6.07) is 0. The van der Waals surface area contributed by atoms with Gasteiger partial charge in [0.05, 0.1) is 0 Å². The number of nitrogens with one attached hydrogen (secondary N) is 1. The van der Waals surface area contributed by atoms with Gasteiger partial charge in [-0.1, -0.05) is 35.6 Å². The van der Waals surface area contributed by atoms with Gasteiger partial charge in [0.25, 0.3) is 0 Å². The molecule has 15 heavy (non-hydrogen) atoms. The molecule has 1 N–H and O–H groups in total. The summed E-state index contributed by atoms with van der Waals surface area (Å²) >= 11 is 0. The Kier molecular flexibility index (Phi) is 5.88. The van der Waals surface area contributed by atoms with Crippen LogP contribution >= 0.6 is 7.92 Å². The first-order valence-electron chi connectivity index (χ1n) is 5.88. The maximum absolute atomic E-state index is 3.47. The lowest BCUT2D eigenvalue weighted by atomic mass is 10.1. The zero-order chi connectivity index (χ0) is 12.2. The van der Waals surface area contributed by atoms with E-state index in [1.54, 1.807) is 0 Å². The van der Waals surface area contributed by atoms with Crippen LogP contribution in [0, 0.1) is 0 Å². The highest BCUT2D eigenvalue weighted by atomic mass is 31.1. The van der Waals surface area contributed by atoms with Gasteiger partial charge in [0, 0.05) is 11.7 Å². The van der Waals surface area contributed by atoms with Gasteiger partial charge in [0.15, 0.2) is 0 Å². The van der Waals surface area contributed by atoms with E-state index in [1.807, 2.05) is 0 Å². The van der Waals surface area contributed by atoms with E-state index in [4.69, 9.17) is 0 Å². The summed E-state index contributed by atoms with van der Waals surface area (Å²) in [6.45, 7) is 18.2. The molecule has 0 spiro atoms. The van der Waals surface area contributed by atoms with Crippen molar-refractivity contribution in [2.24, 2.45) is 0 Å². The molecule has 0 rings (SSSR count). The minimum atomic E-state index is 0.00569. The predicted octanol–water partition coefficient (Wildman–Crippen LogP) is 4.53. The van der Waals surface area contributed by atoms with Gasteiger partial charge in [0.2, 0.25) is 0 Å². The molecule has 0 aliphatic carbocycles. The summed E-state index contributed by atoms with van der Waals surface area (Å²) in [7, 11) is 0.00569. The summed E-state index contributed by atoms with van der Waals surface area (Å²) in [5.41, 5.74) is 1.73. The van der Waals surface area contributed by atoms with Crippen LogP contribution in [0.25, 0.3) is 0 Å². The topological polar surface area (TPSA) is 12.0 Å². The lowest BCUT2D eigenvalue weighted by Crippen LogP contribution is -2.31. The second kappa shape index (κ2) is 5.89. The zero-order valence-electron chi connectivity index (χ0n) is 11.7. The Bertz CT molecular complexity index is 203. The third-order valence-corrected chi connectivity index (χ3v) is 5.40. The van der Waals surface area contributed by atoms with Crippen LogP contribution in [0.3, 0.4) is 0 Å². The molecule has 0 fully saturated rings. The van der Waals surface area contributed by atoms with Crippen molar-refractivity contribution in [3.05, 3.63) is 11.5 Å². The largest absolute Gasteiger partial charge is 0.386 e. The number of allylic oxidation sites excluding steroid dienone is 1. The van der Waals surface area contributed by atoms with Gasteiger partial charge in [-0.25, -0.2) is 0 Å². The smallest absolute Gasteiger partial charge is 0.0284 e. The Morgan fingerprint density at radius 2 is 1.47 bits per heavy atom. The highest BCUT2D eigenvalue weighted by molar-refractivity contribution is 7.63. The van der Waals surface area contributed by atoms with Crippen LogP contribution in [0.4, 0.5) is 0 Å². The Morgan fingerprint density at radius 3 is 1.73 bits per heavy atom. The summed E-state index contributed by atoms with van der Waals surface area (Å²) in [4.78, 5) is 0. The van der Waals surface area contributed by atoms with E-state index in [-0.39, 0.29) is 13.5 Å². The van der Waals surface area contributed by atoms with Crippen LogP contribution < -0.4 is 5.32 Å². The molecule has 0 aliphatic rings. The first kappa shape index (κ1) is 15.0. The fourth-order valence-corrected chi connectivity index (χ4v) is 4.84. The van der Waals surface area contributed by atoms with Crippen molar-refractivity contribution in [2.45, 2.75) is 72.2 Å². The Morgan fingerprint density at radius 1 is 1.07 bits per heavy atom. The molecule has 0 heterocycles. The molecule has 0 aliphatic heterocycles. The first-order valence-corrected chi connectivity index (χ1v) is 7.36. The molecular weight excluding hydrogens is 201 g/mol. The van der Waals surface area contributed by atoms with Crippen molar-refractivity contribution in [3.63, 3.8) is 0 Å². The highest BCUT2D eigenvalue weighted by Crippen LogP contribution is 2.52. The van der Waals surface area contributed by atoms with Crippen LogP contribution in [-0.2, 0) is 0 Å². The molecule has 0 atom stereocenters. The van der Waals surface area contributed by atoms with Crippen LogP contribution in [0.5, 0.6) is 0 Å². The van der Waals surface area contributed by atoms with Crippen molar-refractivity contribution in [3.8, 4) is 0 Å². The SMILES string of the molecule is C/C(=C\NC(C)(C)C)P(C(C)C)C(C)C. The monoisotopic (exact) mass is 229 g/mol. The van der Waals surface area contributed by atoms with Crippen molar-refractivity contribution >= 4 is 7.92 Å². The van der Waals surface area contributed by atoms with Gasteiger partial charge in [-0.15, -0.1) is 0 Å². The number of hydrogen-bond donors (Lipinski definition) is 1. The molecule has 0 aromatic rings. The molecule has 0 saturated heterocycles. The minimum absolute atomic E-state index is 0.00569. The van der Waals surface area contributed by atoms with Gasteiger partial charge >= 0.3 is 0 Å². The van der Waals surface area contributed by atoms with Crippen LogP contribution in [0.15, 0.2) is 11.5 Å².